The van der Waals surface area contributed by atoms with Gasteiger partial charge < -0.3 is 4.42 Å². The molecule has 6 rings (SSSR count). The van der Waals surface area contributed by atoms with Gasteiger partial charge in [0, 0.05) is 33.8 Å². The average Bonchev–Trinajstić information content (AvgIpc) is 3.23. The Balaban J connectivity index is 1.37. The van der Waals surface area contributed by atoms with Crippen molar-refractivity contribution < 1.29 is 4.42 Å². The zero-order valence-corrected chi connectivity index (χ0v) is 18.3. The van der Waals surface area contributed by atoms with Crippen molar-refractivity contribution in [3.05, 3.63) is 113 Å². The second-order valence-electron chi connectivity index (χ2n) is 9.01. The fourth-order valence-corrected chi connectivity index (χ4v) is 5.34. The first-order valence-electron chi connectivity index (χ1n) is 11.7. The highest BCUT2D eigenvalue weighted by molar-refractivity contribution is 5.95. The van der Waals surface area contributed by atoms with Crippen LogP contribution in [0.3, 0.4) is 0 Å². The molecule has 1 aromatic heterocycles. The van der Waals surface area contributed by atoms with Crippen LogP contribution in [0.2, 0.25) is 0 Å². The molecule has 3 aromatic carbocycles. The molecule has 1 aliphatic carbocycles. The van der Waals surface area contributed by atoms with Crippen molar-refractivity contribution in [3.63, 3.8) is 0 Å². The molecule has 1 aliphatic heterocycles. The highest BCUT2D eigenvalue weighted by Crippen LogP contribution is 2.44. The number of nitrogens with zero attached hydrogens (tertiary/aromatic N) is 1. The van der Waals surface area contributed by atoms with Gasteiger partial charge in [0.25, 0.3) is 0 Å². The minimum absolute atomic E-state index is 0.416. The third-order valence-electron chi connectivity index (χ3n) is 6.97. The number of para-hydroxylation sites is 1. The van der Waals surface area contributed by atoms with E-state index in [-0.39, 0.29) is 0 Å². The predicted octanol–water partition coefficient (Wildman–Crippen LogP) is 7.43. The van der Waals surface area contributed by atoms with Gasteiger partial charge in [-0.1, -0.05) is 78.9 Å². The van der Waals surface area contributed by atoms with Gasteiger partial charge in [0.2, 0.25) is 0 Å². The fourth-order valence-electron chi connectivity index (χ4n) is 5.34. The van der Waals surface area contributed by atoms with Crippen molar-refractivity contribution in [2.45, 2.75) is 38.5 Å². The summed E-state index contributed by atoms with van der Waals surface area (Å²) >= 11 is 0. The summed E-state index contributed by atoms with van der Waals surface area (Å²) in [5.74, 6) is 1.51. The predicted molar refractivity (Wildman–Crippen MR) is 132 cm³/mol. The normalized spacial score (nSPS) is 17.8. The van der Waals surface area contributed by atoms with Gasteiger partial charge in [-0.05, 0) is 55.7 Å². The molecule has 32 heavy (non-hydrogen) atoms. The number of rotatable bonds is 5. The lowest BCUT2D eigenvalue weighted by molar-refractivity contribution is 0.568. The molecule has 0 bridgehead atoms. The highest BCUT2D eigenvalue weighted by atomic mass is 16.3. The Morgan fingerprint density at radius 3 is 2.28 bits per heavy atom. The summed E-state index contributed by atoms with van der Waals surface area (Å²) in [5.41, 5.74) is 9.10. The first kappa shape index (κ1) is 19.3. The van der Waals surface area contributed by atoms with E-state index in [0.717, 1.165) is 49.9 Å². The van der Waals surface area contributed by atoms with Crippen LogP contribution >= 0.6 is 0 Å². The highest BCUT2D eigenvalue weighted by Gasteiger charge is 2.32. The van der Waals surface area contributed by atoms with E-state index in [4.69, 9.17) is 9.41 Å². The summed E-state index contributed by atoms with van der Waals surface area (Å²) in [6.07, 6.45) is 6.14. The standard InChI is InChI=1S/C30H27NO/c1-3-9-21(10-4-1)15-17-27-23(19-22-11-5-2-6-12-22)20-26-28(31-27)18-16-25-24-13-7-8-14-29(24)32-30(25)26/h1-14,23H,15-20H2. The molecule has 0 fully saturated rings. The Morgan fingerprint density at radius 2 is 1.47 bits per heavy atom. The van der Waals surface area contributed by atoms with E-state index in [1.165, 1.54) is 39.1 Å². The summed E-state index contributed by atoms with van der Waals surface area (Å²) in [5, 5.41) is 1.27. The van der Waals surface area contributed by atoms with Crippen molar-refractivity contribution in [2.24, 2.45) is 10.9 Å². The van der Waals surface area contributed by atoms with Crippen LogP contribution in [-0.4, -0.2) is 5.71 Å². The molecule has 2 nitrogen and oxygen atoms in total. The van der Waals surface area contributed by atoms with E-state index < -0.39 is 0 Å². The maximum absolute atomic E-state index is 6.40. The van der Waals surface area contributed by atoms with Crippen LogP contribution in [0.4, 0.5) is 0 Å². The molecule has 0 amide bonds. The van der Waals surface area contributed by atoms with Crippen LogP contribution < -0.4 is 0 Å². The molecule has 0 spiro atoms. The molecule has 158 valence electrons. The van der Waals surface area contributed by atoms with Crippen LogP contribution in [0.15, 0.2) is 100 Å². The first-order valence-corrected chi connectivity index (χ1v) is 11.7. The second-order valence-corrected chi connectivity index (χ2v) is 9.01. The lowest BCUT2D eigenvalue weighted by Crippen LogP contribution is -2.24. The largest absolute Gasteiger partial charge is 0.456 e. The SMILES string of the molecule is c1ccc(CCC2=NC3=C(CC2Cc2ccccc2)c2oc4ccccc4c2CC3)cc1. The van der Waals surface area contributed by atoms with Crippen LogP contribution in [0, 0.1) is 5.92 Å². The van der Waals surface area contributed by atoms with Crippen molar-refractivity contribution >= 4 is 22.3 Å². The zero-order valence-electron chi connectivity index (χ0n) is 18.3. The van der Waals surface area contributed by atoms with Gasteiger partial charge in [0.15, 0.2) is 0 Å². The maximum Gasteiger partial charge on any atom is 0.136 e. The molecular weight excluding hydrogens is 390 g/mol. The van der Waals surface area contributed by atoms with E-state index >= 15 is 0 Å². The van der Waals surface area contributed by atoms with Gasteiger partial charge in [0.1, 0.15) is 11.3 Å². The third-order valence-corrected chi connectivity index (χ3v) is 6.97. The summed E-state index contributed by atoms with van der Waals surface area (Å²) < 4.78 is 6.40. The lowest BCUT2D eigenvalue weighted by atomic mass is 9.79. The van der Waals surface area contributed by atoms with Crippen molar-refractivity contribution in [2.75, 3.05) is 0 Å². The number of benzene rings is 3. The molecule has 0 saturated carbocycles. The molecule has 1 atom stereocenters. The molecule has 0 radical (unpaired) electrons. The summed E-state index contributed by atoms with van der Waals surface area (Å²) in [4.78, 5) is 5.30. The molecule has 4 aromatic rings. The van der Waals surface area contributed by atoms with Crippen LogP contribution in [-0.2, 0) is 19.3 Å². The second kappa shape index (κ2) is 8.27. The van der Waals surface area contributed by atoms with E-state index in [1.54, 1.807) is 0 Å². The fraction of sp³-hybridized carbons (Fsp3) is 0.233. The Kier molecular flexibility index (Phi) is 4.99. The smallest absolute Gasteiger partial charge is 0.136 e. The first-order chi connectivity index (χ1) is 15.8. The van der Waals surface area contributed by atoms with Gasteiger partial charge in [-0.2, -0.15) is 0 Å². The van der Waals surface area contributed by atoms with Crippen molar-refractivity contribution in [1.29, 1.82) is 0 Å². The Labute approximate surface area is 189 Å². The number of aliphatic imine (C=N–C) groups is 1. The van der Waals surface area contributed by atoms with Crippen molar-refractivity contribution in [3.8, 4) is 0 Å². The number of aryl methyl sites for hydroxylation is 2. The van der Waals surface area contributed by atoms with Gasteiger partial charge in [-0.3, -0.25) is 4.99 Å². The van der Waals surface area contributed by atoms with Gasteiger partial charge in [-0.15, -0.1) is 0 Å². The summed E-state index contributed by atoms with van der Waals surface area (Å²) in [7, 11) is 0. The summed E-state index contributed by atoms with van der Waals surface area (Å²) in [6, 6.07) is 30.1. The van der Waals surface area contributed by atoms with Gasteiger partial charge in [0.05, 0.1) is 0 Å². The summed E-state index contributed by atoms with van der Waals surface area (Å²) in [6.45, 7) is 0. The van der Waals surface area contributed by atoms with Crippen LogP contribution in [0.1, 0.15) is 41.7 Å². The van der Waals surface area contributed by atoms with Crippen LogP contribution in [0.25, 0.3) is 16.5 Å². The maximum atomic E-state index is 6.40. The molecule has 0 saturated heterocycles. The van der Waals surface area contributed by atoms with E-state index in [9.17, 15) is 0 Å². The number of hydrogen-bond acceptors (Lipinski definition) is 2. The third kappa shape index (κ3) is 3.60. The number of furan rings is 1. The number of hydrogen-bond donors (Lipinski definition) is 0. The van der Waals surface area contributed by atoms with E-state index in [1.807, 2.05) is 0 Å². The Hall–Kier alpha value is -3.39. The number of fused-ring (bicyclic) bond motifs is 4. The Morgan fingerprint density at radius 1 is 0.750 bits per heavy atom. The number of allylic oxidation sites excluding steroid dienone is 2. The van der Waals surface area contributed by atoms with E-state index in [2.05, 4.69) is 84.9 Å². The van der Waals surface area contributed by atoms with Gasteiger partial charge >= 0.3 is 0 Å². The lowest BCUT2D eigenvalue weighted by Gasteiger charge is -2.29. The average molecular weight is 418 g/mol. The minimum Gasteiger partial charge on any atom is -0.456 e. The van der Waals surface area contributed by atoms with Crippen LogP contribution in [0.5, 0.6) is 0 Å². The Bertz CT molecular complexity index is 1310. The molecule has 1 unspecified atom stereocenters. The molecule has 2 aliphatic rings. The van der Waals surface area contributed by atoms with E-state index in [0.29, 0.717) is 5.92 Å². The van der Waals surface area contributed by atoms with Gasteiger partial charge in [-0.25, -0.2) is 0 Å². The quantitative estimate of drug-likeness (QED) is 0.331. The topological polar surface area (TPSA) is 25.5 Å². The molecular formula is C30H27NO. The zero-order chi connectivity index (χ0) is 21.3. The van der Waals surface area contributed by atoms with Crippen molar-refractivity contribution in [1.82, 2.24) is 0 Å². The molecule has 2 heterocycles. The molecule has 0 N–H and O–H groups in total. The monoisotopic (exact) mass is 417 g/mol. The molecule has 2 heteroatoms. The minimum atomic E-state index is 0.416.